The van der Waals surface area contributed by atoms with E-state index in [0.29, 0.717) is 0 Å². The predicted molar refractivity (Wildman–Crippen MR) is 61.0 cm³/mol. The van der Waals surface area contributed by atoms with Crippen molar-refractivity contribution in [2.75, 3.05) is 7.11 Å². The number of rotatable bonds is 3. The zero-order valence-electron chi connectivity index (χ0n) is 9.23. The van der Waals surface area contributed by atoms with Crippen molar-refractivity contribution in [3.63, 3.8) is 0 Å². The van der Waals surface area contributed by atoms with E-state index < -0.39 is 0 Å². The SMILES string of the molecule is CCC[n+]1cccc2cc(OC)ccc21. The van der Waals surface area contributed by atoms with Crippen LogP contribution in [0.1, 0.15) is 13.3 Å². The van der Waals surface area contributed by atoms with E-state index in [1.165, 1.54) is 10.9 Å². The highest BCUT2D eigenvalue weighted by Gasteiger charge is 2.07. The van der Waals surface area contributed by atoms with Crippen molar-refractivity contribution in [1.29, 1.82) is 0 Å². The van der Waals surface area contributed by atoms with Gasteiger partial charge in [0.2, 0.25) is 5.52 Å². The normalized spacial score (nSPS) is 10.5. The fourth-order valence-electron chi connectivity index (χ4n) is 1.82. The Morgan fingerprint density at radius 1 is 1.27 bits per heavy atom. The molecule has 0 saturated carbocycles. The number of methoxy groups -OCH3 is 1. The average molecular weight is 202 g/mol. The molecule has 0 spiro atoms. The van der Waals surface area contributed by atoms with Gasteiger partial charge in [-0.2, -0.15) is 4.57 Å². The van der Waals surface area contributed by atoms with Gasteiger partial charge in [-0.15, -0.1) is 0 Å². The summed E-state index contributed by atoms with van der Waals surface area (Å²) in [5.41, 5.74) is 1.26. The first kappa shape index (κ1) is 9.97. The number of aryl methyl sites for hydroxylation is 1. The summed E-state index contributed by atoms with van der Waals surface area (Å²) in [5.74, 6) is 0.914. The van der Waals surface area contributed by atoms with Crippen LogP contribution in [0.4, 0.5) is 0 Å². The molecule has 1 aromatic carbocycles. The van der Waals surface area contributed by atoms with E-state index in [4.69, 9.17) is 4.74 Å². The molecule has 2 nitrogen and oxygen atoms in total. The summed E-state index contributed by atoms with van der Waals surface area (Å²) >= 11 is 0. The van der Waals surface area contributed by atoms with E-state index in [9.17, 15) is 0 Å². The number of hydrogen-bond acceptors (Lipinski definition) is 1. The van der Waals surface area contributed by atoms with Crippen LogP contribution in [-0.2, 0) is 6.54 Å². The summed E-state index contributed by atoms with van der Waals surface area (Å²) in [6.07, 6.45) is 3.27. The highest BCUT2D eigenvalue weighted by molar-refractivity contribution is 5.77. The van der Waals surface area contributed by atoms with Gasteiger partial charge in [-0.25, -0.2) is 0 Å². The predicted octanol–water partition coefficient (Wildman–Crippen LogP) is 2.55. The number of ether oxygens (including phenoxy) is 1. The van der Waals surface area contributed by atoms with Gasteiger partial charge in [-0.05, 0) is 18.2 Å². The molecule has 15 heavy (non-hydrogen) atoms. The summed E-state index contributed by atoms with van der Waals surface area (Å²) < 4.78 is 7.49. The zero-order valence-corrected chi connectivity index (χ0v) is 9.23. The van der Waals surface area contributed by atoms with E-state index in [-0.39, 0.29) is 0 Å². The lowest BCUT2D eigenvalue weighted by Crippen LogP contribution is -2.33. The Kier molecular flexibility index (Phi) is 2.86. The maximum Gasteiger partial charge on any atom is 0.212 e. The monoisotopic (exact) mass is 202 g/mol. The van der Waals surface area contributed by atoms with Crippen molar-refractivity contribution < 1.29 is 9.30 Å². The quantitative estimate of drug-likeness (QED) is 0.697. The molecular weight excluding hydrogens is 186 g/mol. The van der Waals surface area contributed by atoms with Crippen LogP contribution in [0.2, 0.25) is 0 Å². The molecular formula is C13H16NO+. The Balaban J connectivity index is 2.56. The standard InChI is InChI=1S/C13H16NO/c1-3-8-14-9-4-5-11-10-12(15-2)6-7-13(11)14/h4-7,9-10H,3,8H2,1-2H3/q+1. The van der Waals surface area contributed by atoms with Crippen LogP contribution < -0.4 is 9.30 Å². The summed E-state index contributed by atoms with van der Waals surface area (Å²) in [7, 11) is 1.70. The summed E-state index contributed by atoms with van der Waals surface area (Å²) in [6, 6.07) is 10.4. The van der Waals surface area contributed by atoms with Crippen molar-refractivity contribution in [2.45, 2.75) is 19.9 Å². The molecule has 0 aliphatic heterocycles. The molecule has 2 rings (SSSR count). The largest absolute Gasteiger partial charge is 0.497 e. The minimum Gasteiger partial charge on any atom is -0.497 e. The van der Waals surface area contributed by atoms with Gasteiger partial charge in [0.15, 0.2) is 6.20 Å². The van der Waals surface area contributed by atoms with E-state index in [1.807, 2.05) is 6.07 Å². The maximum absolute atomic E-state index is 5.21. The lowest BCUT2D eigenvalue weighted by Gasteiger charge is -2.02. The smallest absolute Gasteiger partial charge is 0.212 e. The summed E-state index contributed by atoms with van der Waals surface area (Å²) in [6.45, 7) is 3.25. The van der Waals surface area contributed by atoms with Gasteiger partial charge in [0, 0.05) is 18.6 Å². The molecule has 2 aromatic rings. The molecule has 1 heterocycles. The Bertz CT molecular complexity index is 465. The van der Waals surface area contributed by atoms with E-state index in [1.54, 1.807) is 7.11 Å². The molecule has 0 aliphatic rings. The third-order valence-corrected chi connectivity index (χ3v) is 2.55. The fraction of sp³-hybridized carbons (Fsp3) is 0.308. The Morgan fingerprint density at radius 3 is 2.87 bits per heavy atom. The lowest BCUT2D eigenvalue weighted by molar-refractivity contribution is -0.671. The van der Waals surface area contributed by atoms with Gasteiger partial charge in [-0.3, -0.25) is 0 Å². The van der Waals surface area contributed by atoms with Gasteiger partial charge in [-0.1, -0.05) is 6.92 Å². The highest BCUT2D eigenvalue weighted by Crippen LogP contribution is 2.17. The number of benzene rings is 1. The number of nitrogens with zero attached hydrogens (tertiary/aromatic N) is 1. The second-order valence-corrected chi connectivity index (χ2v) is 3.63. The van der Waals surface area contributed by atoms with Crippen molar-refractivity contribution >= 4 is 10.9 Å². The molecule has 0 fully saturated rings. The summed E-state index contributed by atoms with van der Waals surface area (Å²) in [5, 5.41) is 1.23. The average Bonchev–Trinajstić information content (AvgIpc) is 2.29. The minimum atomic E-state index is 0.914. The van der Waals surface area contributed by atoms with Crippen LogP contribution in [0, 0.1) is 0 Å². The second-order valence-electron chi connectivity index (χ2n) is 3.63. The van der Waals surface area contributed by atoms with Crippen molar-refractivity contribution in [2.24, 2.45) is 0 Å². The van der Waals surface area contributed by atoms with Gasteiger partial charge in [0.05, 0.1) is 12.5 Å². The lowest BCUT2D eigenvalue weighted by atomic mass is 10.2. The molecule has 0 aliphatic carbocycles. The molecule has 0 bridgehead atoms. The van der Waals surface area contributed by atoms with E-state index in [0.717, 1.165) is 18.7 Å². The Morgan fingerprint density at radius 2 is 2.13 bits per heavy atom. The molecule has 0 radical (unpaired) electrons. The van der Waals surface area contributed by atoms with Crippen molar-refractivity contribution in [3.05, 3.63) is 36.5 Å². The number of fused-ring (bicyclic) bond motifs is 1. The zero-order chi connectivity index (χ0) is 10.7. The maximum atomic E-state index is 5.21. The molecule has 78 valence electrons. The van der Waals surface area contributed by atoms with Crippen LogP contribution in [0.25, 0.3) is 10.9 Å². The van der Waals surface area contributed by atoms with Crippen molar-refractivity contribution in [3.8, 4) is 5.75 Å². The van der Waals surface area contributed by atoms with Crippen molar-refractivity contribution in [1.82, 2.24) is 0 Å². The molecule has 2 heteroatoms. The number of pyridine rings is 1. The summed E-state index contributed by atoms with van der Waals surface area (Å²) in [4.78, 5) is 0. The molecule has 0 saturated heterocycles. The van der Waals surface area contributed by atoms with Crippen LogP contribution in [0.5, 0.6) is 5.75 Å². The van der Waals surface area contributed by atoms with Crippen LogP contribution in [-0.4, -0.2) is 7.11 Å². The molecule has 0 atom stereocenters. The van der Waals surface area contributed by atoms with E-state index >= 15 is 0 Å². The number of aromatic nitrogens is 1. The highest BCUT2D eigenvalue weighted by atomic mass is 16.5. The van der Waals surface area contributed by atoms with Gasteiger partial charge < -0.3 is 4.74 Å². The van der Waals surface area contributed by atoms with Crippen LogP contribution in [0.15, 0.2) is 36.5 Å². The Labute approximate surface area is 90.1 Å². The minimum absolute atomic E-state index is 0.914. The van der Waals surface area contributed by atoms with Crippen LogP contribution >= 0.6 is 0 Å². The molecule has 0 amide bonds. The van der Waals surface area contributed by atoms with E-state index in [2.05, 4.69) is 42.0 Å². The molecule has 1 aromatic heterocycles. The first-order chi connectivity index (χ1) is 7.35. The second kappa shape index (κ2) is 4.30. The first-order valence-corrected chi connectivity index (χ1v) is 5.31. The van der Waals surface area contributed by atoms with Crippen LogP contribution in [0.3, 0.4) is 0 Å². The van der Waals surface area contributed by atoms with Gasteiger partial charge in [0.1, 0.15) is 12.3 Å². The third-order valence-electron chi connectivity index (χ3n) is 2.55. The fourth-order valence-corrected chi connectivity index (χ4v) is 1.82. The first-order valence-electron chi connectivity index (χ1n) is 5.31. The Hall–Kier alpha value is -1.57. The topological polar surface area (TPSA) is 13.1 Å². The third kappa shape index (κ3) is 1.94. The van der Waals surface area contributed by atoms with Gasteiger partial charge in [0.25, 0.3) is 0 Å². The molecule has 0 N–H and O–H groups in total. The molecule has 0 unspecified atom stereocenters. The van der Waals surface area contributed by atoms with Gasteiger partial charge >= 0.3 is 0 Å². The number of hydrogen-bond donors (Lipinski definition) is 0.